The summed E-state index contributed by atoms with van der Waals surface area (Å²) in [4.78, 5) is 21.1. The zero-order valence-corrected chi connectivity index (χ0v) is 11.9. The lowest BCUT2D eigenvalue weighted by atomic mass is 9.98. The van der Waals surface area contributed by atoms with E-state index in [0.29, 0.717) is 6.42 Å². The van der Waals surface area contributed by atoms with E-state index in [0.717, 1.165) is 37.6 Å². The van der Waals surface area contributed by atoms with Crippen molar-refractivity contribution in [3.63, 3.8) is 0 Å². The second-order valence-corrected chi connectivity index (χ2v) is 5.98. The number of rotatable bonds is 2. The van der Waals surface area contributed by atoms with Gasteiger partial charge in [-0.25, -0.2) is 4.98 Å². The molecule has 2 heterocycles. The van der Waals surface area contributed by atoms with Crippen LogP contribution in [0.4, 0.5) is 5.82 Å². The largest absolute Gasteiger partial charge is 0.390 e. The van der Waals surface area contributed by atoms with Crippen molar-refractivity contribution < 1.29 is 5.11 Å². The molecular formula is C14H23N3O2. The molecule has 0 amide bonds. The van der Waals surface area contributed by atoms with E-state index in [2.05, 4.69) is 14.9 Å². The molecule has 0 saturated carbocycles. The Hall–Kier alpha value is -1.36. The van der Waals surface area contributed by atoms with Gasteiger partial charge in [0, 0.05) is 25.1 Å². The van der Waals surface area contributed by atoms with Gasteiger partial charge in [-0.3, -0.25) is 4.79 Å². The van der Waals surface area contributed by atoms with E-state index in [-0.39, 0.29) is 11.5 Å². The second kappa shape index (κ2) is 5.33. The van der Waals surface area contributed by atoms with Gasteiger partial charge in [-0.1, -0.05) is 13.8 Å². The van der Waals surface area contributed by atoms with Gasteiger partial charge in [0.2, 0.25) is 0 Å². The molecule has 2 rings (SSSR count). The topological polar surface area (TPSA) is 69.2 Å². The van der Waals surface area contributed by atoms with E-state index in [1.165, 1.54) is 0 Å². The number of anilines is 1. The predicted molar refractivity (Wildman–Crippen MR) is 75.6 cm³/mol. The third kappa shape index (κ3) is 3.56. The van der Waals surface area contributed by atoms with Crippen molar-refractivity contribution in [3.8, 4) is 0 Å². The highest BCUT2D eigenvalue weighted by molar-refractivity contribution is 5.38. The molecule has 19 heavy (non-hydrogen) atoms. The standard InChI is InChI=1S/C14H23N3O2/c1-10(2)13-15-11(9-12(18)16-13)17-7-4-5-14(3,19)6-8-17/h9-10,19H,4-8H2,1-3H3,(H,15,16,18). The van der Waals surface area contributed by atoms with Crippen LogP contribution in [0.2, 0.25) is 0 Å². The van der Waals surface area contributed by atoms with Gasteiger partial charge >= 0.3 is 0 Å². The molecule has 1 aliphatic heterocycles. The second-order valence-electron chi connectivity index (χ2n) is 5.98. The number of aromatic nitrogens is 2. The van der Waals surface area contributed by atoms with E-state index in [4.69, 9.17) is 0 Å². The van der Waals surface area contributed by atoms with Crippen LogP contribution in [0.3, 0.4) is 0 Å². The first kappa shape index (κ1) is 14.1. The summed E-state index contributed by atoms with van der Waals surface area (Å²) in [5.41, 5.74) is -0.707. The summed E-state index contributed by atoms with van der Waals surface area (Å²) in [6.07, 6.45) is 2.42. The van der Waals surface area contributed by atoms with Crippen molar-refractivity contribution in [3.05, 3.63) is 22.2 Å². The molecule has 0 aromatic carbocycles. The van der Waals surface area contributed by atoms with E-state index >= 15 is 0 Å². The van der Waals surface area contributed by atoms with Crippen LogP contribution in [-0.4, -0.2) is 33.8 Å². The molecule has 0 radical (unpaired) electrons. The van der Waals surface area contributed by atoms with Crippen LogP contribution in [-0.2, 0) is 0 Å². The molecule has 5 heteroatoms. The smallest absolute Gasteiger partial charge is 0.252 e. The molecule has 1 unspecified atom stereocenters. The Bertz CT molecular complexity index is 494. The minimum Gasteiger partial charge on any atom is -0.390 e. The van der Waals surface area contributed by atoms with Gasteiger partial charge in [-0.2, -0.15) is 0 Å². The number of H-pyrrole nitrogens is 1. The minimum atomic E-state index is -0.600. The quantitative estimate of drug-likeness (QED) is 0.853. The summed E-state index contributed by atoms with van der Waals surface area (Å²) in [5.74, 6) is 1.64. The molecule has 1 atom stereocenters. The molecule has 5 nitrogen and oxygen atoms in total. The van der Waals surface area contributed by atoms with Gasteiger partial charge in [-0.05, 0) is 26.2 Å². The first-order valence-corrected chi connectivity index (χ1v) is 6.96. The minimum absolute atomic E-state index is 0.107. The molecule has 1 aromatic heterocycles. The first-order valence-electron chi connectivity index (χ1n) is 6.96. The van der Waals surface area contributed by atoms with Gasteiger partial charge in [0.1, 0.15) is 11.6 Å². The van der Waals surface area contributed by atoms with Crippen LogP contribution < -0.4 is 10.5 Å². The van der Waals surface area contributed by atoms with Crippen LogP contribution in [0.5, 0.6) is 0 Å². The summed E-state index contributed by atoms with van der Waals surface area (Å²) >= 11 is 0. The third-order valence-corrected chi connectivity index (χ3v) is 3.68. The van der Waals surface area contributed by atoms with E-state index < -0.39 is 5.60 Å². The summed E-state index contributed by atoms with van der Waals surface area (Å²) < 4.78 is 0. The number of hydrogen-bond acceptors (Lipinski definition) is 4. The normalized spacial score (nSPS) is 24.6. The number of aliphatic hydroxyl groups is 1. The monoisotopic (exact) mass is 265 g/mol. The Morgan fingerprint density at radius 3 is 2.84 bits per heavy atom. The maximum atomic E-state index is 11.7. The molecule has 2 N–H and O–H groups in total. The van der Waals surface area contributed by atoms with Gasteiger partial charge < -0.3 is 15.0 Å². The molecule has 1 fully saturated rings. The Morgan fingerprint density at radius 1 is 1.42 bits per heavy atom. The fourth-order valence-corrected chi connectivity index (χ4v) is 2.39. The lowest BCUT2D eigenvalue weighted by Gasteiger charge is -2.23. The summed E-state index contributed by atoms with van der Waals surface area (Å²) in [6, 6.07) is 1.55. The van der Waals surface area contributed by atoms with Crippen LogP contribution in [0.25, 0.3) is 0 Å². The molecule has 1 aromatic rings. The Morgan fingerprint density at radius 2 is 2.16 bits per heavy atom. The zero-order valence-electron chi connectivity index (χ0n) is 11.9. The van der Waals surface area contributed by atoms with Crippen molar-refractivity contribution in [1.29, 1.82) is 0 Å². The fraction of sp³-hybridized carbons (Fsp3) is 0.714. The molecule has 1 aliphatic rings. The SMILES string of the molecule is CC(C)c1nc(N2CCCC(C)(O)CC2)cc(=O)[nH]1. The van der Waals surface area contributed by atoms with E-state index in [9.17, 15) is 9.90 Å². The highest BCUT2D eigenvalue weighted by Crippen LogP contribution is 2.24. The molecule has 0 bridgehead atoms. The van der Waals surface area contributed by atoms with Crippen molar-refractivity contribution >= 4 is 5.82 Å². The van der Waals surface area contributed by atoms with E-state index in [1.54, 1.807) is 6.07 Å². The van der Waals surface area contributed by atoms with Gasteiger partial charge in [0.25, 0.3) is 5.56 Å². The van der Waals surface area contributed by atoms with Crippen molar-refractivity contribution in [2.75, 3.05) is 18.0 Å². The van der Waals surface area contributed by atoms with Crippen LogP contribution >= 0.6 is 0 Å². The third-order valence-electron chi connectivity index (χ3n) is 3.68. The summed E-state index contributed by atoms with van der Waals surface area (Å²) in [5, 5.41) is 10.1. The number of nitrogens with zero attached hydrogens (tertiary/aromatic N) is 2. The predicted octanol–water partition coefficient (Wildman–Crippen LogP) is 1.63. The van der Waals surface area contributed by atoms with E-state index in [1.807, 2.05) is 20.8 Å². The summed E-state index contributed by atoms with van der Waals surface area (Å²) in [6.45, 7) is 7.47. The van der Waals surface area contributed by atoms with Gasteiger partial charge in [0.15, 0.2) is 0 Å². The van der Waals surface area contributed by atoms with Crippen molar-refractivity contribution in [1.82, 2.24) is 9.97 Å². The molecule has 106 valence electrons. The number of hydrogen-bond donors (Lipinski definition) is 2. The zero-order chi connectivity index (χ0) is 14.0. The van der Waals surface area contributed by atoms with Gasteiger partial charge in [-0.15, -0.1) is 0 Å². The van der Waals surface area contributed by atoms with Crippen LogP contribution in [0.1, 0.15) is 51.8 Å². The Labute approximate surface area is 113 Å². The van der Waals surface area contributed by atoms with Crippen LogP contribution in [0, 0.1) is 0 Å². The molecule has 1 saturated heterocycles. The maximum absolute atomic E-state index is 11.7. The first-order chi connectivity index (χ1) is 8.87. The van der Waals surface area contributed by atoms with Gasteiger partial charge in [0.05, 0.1) is 5.60 Å². The highest BCUT2D eigenvalue weighted by atomic mass is 16.3. The van der Waals surface area contributed by atoms with Crippen molar-refractivity contribution in [2.24, 2.45) is 0 Å². The van der Waals surface area contributed by atoms with Crippen molar-refractivity contribution in [2.45, 2.75) is 51.6 Å². The fourth-order valence-electron chi connectivity index (χ4n) is 2.39. The van der Waals surface area contributed by atoms with Crippen LogP contribution in [0.15, 0.2) is 10.9 Å². The number of aromatic amines is 1. The Kier molecular flexibility index (Phi) is 3.94. The average Bonchev–Trinajstić information content (AvgIpc) is 2.49. The Balaban J connectivity index is 2.24. The average molecular weight is 265 g/mol. The molecule has 0 aliphatic carbocycles. The highest BCUT2D eigenvalue weighted by Gasteiger charge is 2.25. The maximum Gasteiger partial charge on any atom is 0.252 e. The summed E-state index contributed by atoms with van der Waals surface area (Å²) in [7, 11) is 0. The molecule has 0 spiro atoms. The number of nitrogens with one attached hydrogen (secondary N) is 1. The molecular weight excluding hydrogens is 242 g/mol. The lowest BCUT2D eigenvalue weighted by molar-refractivity contribution is 0.0481. The lowest BCUT2D eigenvalue weighted by Crippen LogP contribution is -2.30.